The molecule has 0 aliphatic carbocycles. The molecule has 3 aromatic rings. The normalized spacial score (nSPS) is 21.0. The summed E-state index contributed by atoms with van der Waals surface area (Å²) in [7, 11) is 1.76. The van der Waals surface area contributed by atoms with Gasteiger partial charge in [-0.3, -0.25) is 19.7 Å². The van der Waals surface area contributed by atoms with E-state index in [1.807, 2.05) is 42.5 Å². The van der Waals surface area contributed by atoms with Gasteiger partial charge in [-0.15, -0.1) is 0 Å². The lowest BCUT2D eigenvalue weighted by molar-refractivity contribution is -0.253. The number of ether oxygens (including phenoxy) is 3. The third-order valence-electron chi connectivity index (χ3n) is 9.50. The van der Waals surface area contributed by atoms with Crippen LogP contribution in [0.25, 0.3) is 11.1 Å². The minimum atomic E-state index is -0.543. The molecule has 49 heavy (non-hydrogen) atoms. The summed E-state index contributed by atoms with van der Waals surface area (Å²) >= 11 is 0. The second-order valence-corrected chi connectivity index (χ2v) is 13.1. The van der Waals surface area contributed by atoms with Gasteiger partial charge in [0, 0.05) is 51.1 Å². The SMILES string of the molecule is COCC1CCCN1CC1CC(c2ccc(CO)cc2)OC(c2cccc(-c3cccc(CNC(=O)CCCCCCC(=O)NO)c3)c2)O1. The number of benzene rings is 3. The highest BCUT2D eigenvalue weighted by Crippen LogP contribution is 2.39. The lowest BCUT2D eigenvalue weighted by Crippen LogP contribution is -2.42. The molecule has 0 bridgehead atoms. The molecule has 10 nitrogen and oxygen atoms in total. The van der Waals surface area contributed by atoms with Crippen LogP contribution in [-0.4, -0.2) is 66.0 Å². The van der Waals surface area contributed by atoms with E-state index in [1.54, 1.807) is 12.6 Å². The van der Waals surface area contributed by atoms with Gasteiger partial charge in [-0.2, -0.15) is 0 Å². The van der Waals surface area contributed by atoms with Gasteiger partial charge >= 0.3 is 0 Å². The minimum Gasteiger partial charge on any atom is -0.392 e. The van der Waals surface area contributed by atoms with E-state index in [0.29, 0.717) is 31.8 Å². The highest BCUT2D eigenvalue weighted by atomic mass is 16.7. The Morgan fingerprint density at radius 1 is 0.878 bits per heavy atom. The van der Waals surface area contributed by atoms with Gasteiger partial charge in [0.25, 0.3) is 0 Å². The molecule has 2 fully saturated rings. The van der Waals surface area contributed by atoms with Crippen LogP contribution < -0.4 is 10.8 Å². The quantitative estimate of drug-likeness (QED) is 0.0785. The number of rotatable bonds is 17. The zero-order valence-corrected chi connectivity index (χ0v) is 28.5. The lowest BCUT2D eigenvalue weighted by atomic mass is 9.98. The second-order valence-electron chi connectivity index (χ2n) is 13.1. The number of hydroxylamine groups is 1. The standard InChI is InChI=1S/C39H51N3O7/c1-47-27-34-13-8-20-42(34)25-35-23-36(30-18-16-28(26-43)17-19-30)49-39(48-35)33-12-7-11-32(22-33)31-10-6-9-29(21-31)24-40-37(44)14-4-2-3-5-15-38(45)41-46/h6-7,9-12,16-19,21-22,34-36,39,43,46H,2-5,8,13-15,20,23-27H2,1H3,(H,40,44)(H,41,45). The van der Waals surface area contributed by atoms with Crippen molar-refractivity contribution in [3.63, 3.8) is 0 Å². The average molecular weight is 674 g/mol. The summed E-state index contributed by atoms with van der Waals surface area (Å²) in [4.78, 5) is 26.1. The Kier molecular flexibility index (Phi) is 14.2. The number of nitrogens with one attached hydrogen (secondary N) is 2. The van der Waals surface area contributed by atoms with Crippen LogP contribution in [0.4, 0.5) is 0 Å². The van der Waals surface area contributed by atoms with E-state index in [4.69, 9.17) is 19.4 Å². The Labute approximate surface area is 289 Å². The number of unbranched alkanes of at least 4 members (excludes halogenated alkanes) is 3. The van der Waals surface area contributed by atoms with Crippen molar-refractivity contribution in [1.29, 1.82) is 0 Å². The molecule has 2 aliphatic heterocycles. The molecule has 0 spiro atoms. The van der Waals surface area contributed by atoms with Gasteiger partial charge in [0.05, 0.1) is 25.4 Å². The minimum absolute atomic E-state index is 0.00433. The van der Waals surface area contributed by atoms with Crippen LogP contribution in [0.1, 0.15) is 92.4 Å². The third-order valence-corrected chi connectivity index (χ3v) is 9.50. The van der Waals surface area contributed by atoms with Gasteiger partial charge in [0.2, 0.25) is 11.8 Å². The maximum absolute atomic E-state index is 12.5. The van der Waals surface area contributed by atoms with Crippen LogP contribution in [0, 0.1) is 0 Å². The molecule has 4 N–H and O–H groups in total. The lowest BCUT2D eigenvalue weighted by Gasteiger charge is -2.39. The molecule has 2 heterocycles. The summed E-state index contributed by atoms with van der Waals surface area (Å²) < 4.78 is 18.8. The van der Waals surface area contributed by atoms with E-state index in [-0.39, 0.29) is 30.6 Å². The van der Waals surface area contributed by atoms with Gasteiger partial charge < -0.3 is 24.6 Å². The van der Waals surface area contributed by atoms with Crippen LogP contribution in [0.5, 0.6) is 0 Å². The van der Waals surface area contributed by atoms with Crippen LogP contribution >= 0.6 is 0 Å². The van der Waals surface area contributed by atoms with Crippen molar-refractivity contribution in [2.75, 3.05) is 26.8 Å². The number of aliphatic hydroxyl groups excluding tert-OH is 1. The van der Waals surface area contributed by atoms with Crippen molar-refractivity contribution in [2.45, 2.75) is 95.5 Å². The number of nitrogens with zero attached hydrogens (tertiary/aromatic N) is 1. The zero-order chi connectivity index (χ0) is 34.4. The first-order valence-corrected chi connectivity index (χ1v) is 17.6. The van der Waals surface area contributed by atoms with E-state index < -0.39 is 6.29 Å². The maximum atomic E-state index is 12.5. The number of carbonyl (C=O) groups excluding carboxylic acids is 2. The third kappa shape index (κ3) is 10.9. The molecule has 10 heteroatoms. The van der Waals surface area contributed by atoms with Gasteiger partial charge in [0.15, 0.2) is 6.29 Å². The molecule has 0 saturated carbocycles. The molecule has 264 valence electrons. The van der Waals surface area contributed by atoms with Crippen molar-refractivity contribution in [3.05, 3.63) is 95.1 Å². The fourth-order valence-corrected chi connectivity index (χ4v) is 6.81. The van der Waals surface area contributed by atoms with Crippen LogP contribution in [0.15, 0.2) is 72.8 Å². The van der Waals surface area contributed by atoms with Crippen molar-refractivity contribution in [2.24, 2.45) is 0 Å². The number of aliphatic hydroxyl groups is 1. The molecule has 2 aliphatic rings. The Balaban J connectivity index is 1.22. The van der Waals surface area contributed by atoms with E-state index in [1.165, 1.54) is 0 Å². The number of hydrogen-bond donors (Lipinski definition) is 4. The van der Waals surface area contributed by atoms with Crippen molar-refractivity contribution in [3.8, 4) is 11.1 Å². The highest BCUT2D eigenvalue weighted by Gasteiger charge is 2.35. The first-order chi connectivity index (χ1) is 23.9. The molecule has 4 unspecified atom stereocenters. The van der Waals surface area contributed by atoms with E-state index >= 15 is 0 Å². The molecular weight excluding hydrogens is 622 g/mol. The average Bonchev–Trinajstić information content (AvgIpc) is 3.58. The Morgan fingerprint density at radius 2 is 1.61 bits per heavy atom. The van der Waals surface area contributed by atoms with E-state index in [9.17, 15) is 14.7 Å². The van der Waals surface area contributed by atoms with E-state index in [2.05, 4.69) is 40.5 Å². The van der Waals surface area contributed by atoms with Gasteiger partial charge in [-0.25, -0.2) is 5.48 Å². The monoisotopic (exact) mass is 673 g/mol. The molecule has 0 radical (unpaired) electrons. The van der Waals surface area contributed by atoms with Gasteiger partial charge in [-0.1, -0.05) is 73.5 Å². The highest BCUT2D eigenvalue weighted by molar-refractivity contribution is 5.76. The van der Waals surface area contributed by atoms with Crippen LogP contribution in [-0.2, 0) is 37.0 Å². The van der Waals surface area contributed by atoms with Crippen LogP contribution in [0.3, 0.4) is 0 Å². The van der Waals surface area contributed by atoms with E-state index in [0.717, 1.165) is 91.6 Å². The molecule has 2 amide bonds. The fraction of sp³-hybridized carbons (Fsp3) is 0.487. The molecule has 5 rings (SSSR count). The molecule has 2 saturated heterocycles. The zero-order valence-electron chi connectivity index (χ0n) is 28.5. The summed E-state index contributed by atoms with van der Waals surface area (Å²) in [6, 6.07) is 24.9. The van der Waals surface area contributed by atoms with Crippen molar-refractivity contribution < 1.29 is 34.1 Å². The number of carbonyl (C=O) groups is 2. The molecular formula is C39H51N3O7. The fourth-order valence-electron chi connectivity index (χ4n) is 6.81. The summed E-state index contributed by atoms with van der Waals surface area (Å²) in [6.07, 6.45) is 6.18. The summed E-state index contributed by atoms with van der Waals surface area (Å²) in [6.45, 7) is 3.02. The topological polar surface area (TPSA) is 130 Å². The predicted octanol–water partition coefficient (Wildman–Crippen LogP) is 5.96. The van der Waals surface area contributed by atoms with Crippen molar-refractivity contribution in [1.82, 2.24) is 15.7 Å². The largest absolute Gasteiger partial charge is 0.392 e. The second kappa shape index (κ2) is 18.9. The van der Waals surface area contributed by atoms with Crippen LogP contribution in [0.2, 0.25) is 0 Å². The predicted molar refractivity (Wildman–Crippen MR) is 186 cm³/mol. The summed E-state index contributed by atoms with van der Waals surface area (Å²) in [5.41, 5.74) is 7.63. The van der Waals surface area contributed by atoms with Crippen molar-refractivity contribution >= 4 is 11.8 Å². The number of hydrogen-bond acceptors (Lipinski definition) is 8. The summed E-state index contributed by atoms with van der Waals surface area (Å²) in [5.74, 6) is -0.375. The Morgan fingerprint density at radius 3 is 2.35 bits per heavy atom. The Hall–Kier alpha value is -3.64. The maximum Gasteiger partial charge on any atom is 0.243 e. The Bertz CT molecular complexity index is 1480. The number of methoxy groups -OCH3 is 1. The van der Waals surface area contributed by atoms with Gasteiger partial charge in [-0.05, 0) is 72.2 Å². The van der Waals surface area contributed by atoms with Gasteiger partial charge in [0.1, 0.15) is 0 Å². The molecule has 4 atom stereocenters. The number of amides is 2. The first-order valence-electron chi connectivity index (χ1n) is 17.6. The number of likely N-dealkylation sites (tertiary alicyclic amines) is 1. The summed E-state index contributed by atoms with van der Waals surface area (Å²) in [5, 5.41) is 21.2. The molecule has 0 aromatic heterocycles. The smallest absolute Gasteiger partial charge is 0.243 e. The molecule has 3 aromatic carbocycles. The first kappa shape index (κ1) is 36.6.